The van der Waals surface area contributed by atoms with Crippen LogP contribution in [0.2, 0.25) is 0 Å². The Bertz CT molecular complexity index is 2350. The Morgan fingerprint density at radius 3 is 2.15 bits per heavy atom. The van der Waals surface area contributed by atoms with Crippen molar-refractivity contribution in [1.82, 2.24) is 0 Å². The van der Waals surface area contributed by atoms with Crippen molar-refractivity contribution in [3.63, 3.8) is 0 Å². The number of ether oxygens (including phenoxy) is 10. The Morgan fingerprint density at radius 2 is 1.57 bits per heavy atom. The molecule has 370 valence electrons. The Hall–Kier alpha value is -6.51. The number of aliphatic hydroxyl groups excluding tert-OH is 6. The van der Waals surface area contributed by atoms with Gasteiger partial charge in [-0.15, -0.1) is 0 Å². The molecule has 1 saturated heterocycles. The maximum atomic E-state index is 14.0. The number of aldehydes is 1. The summed E-state index contributed by atoms with van der Waals surface area (Å²) >= 11 is 0. The van der Waals surface area contributed by atoms with E-state index in [9.17, 15) is 60.2 Å². The molecule has 3 aromatic rings. The standard InChI is InChI=1S/C44H52N2O22/c1-19(60-4)63-17-29(49)36(50)28(48)12-22-23-13-31-32(65-18-64-31)14-24(23)35(25(15-47)26(22)16-59-3)20-9-33(61-5)40(34(10-20)62-6)68-44(56)45(2)27-11-21(46(57)58)7-8-30(27)66-43-39(53)37(51)38(52)41(67-43)42(54)55/h7-11,13-15,19,22,25-26,28,35,37-39,41,43,48-53H,12,16-18H2,1-6H3,(H,54,55)/t19?,22-,25+,26?,28?,35-,37?,38?,39?,41?,43?/m1/s1. The highest BCUT2D eigenvalue weighted by Gasteiger charge is 2.49. The summed E-state index contributed by atoms with van der Waals surface area (Å²) in [7, 11) is 6.50. The van der Waals surface area contributed by atoms with Crippen LogP contribution in [0.25, 0.3) is 0 Å². The predicted octanol–water partition coefficient (Wildman–Crippen LogP) is 2.64. The van der Waals surface area contributed by atoms with Gasteiger partial charge in [0.15, 0.2) is 46.9 Å². The average molecular weight is 961 g/mol. The number of non-ortho nitro benzene ring substituents is 1. The first-order chi connectivity index (χ1) is 32.4. The molecule has 3 aliphatic rings. The molecule has 0 radical (unpaired) electrons. The third-order valence-corrected chi connectivity index (χ3v) is 12.0. The number of aliphatic hydroxyl groups is 6. The van der Waals surface area contributed by atoms with Gasteiger partial charge in [-0.1, -0.05) is 0 Å². The Balaban J connectivity index is 1.37. The van der Waals surface area contributed by atoms with Crippen LogP contribution >= 0.6 is 0 Å². The quantitative estimate of drug-likeness (QED) is 0.0298. The lowest BCUT2D eigenvalue weighted by Crippen LogP contribution is -2.61. The molecule has 3 aromatic carbocycles. The molecule has 0 spiro atoms. The second-order valence-electron chi connectivity index (χ2n) is 15.9. The van der Waals surface area contributed by atoms with Gasteiger partial charge in [0, 0.05) is 45.2 Å². The lowest BCUT2D eigenvalue weighted by atomic mass is 9.61. The Kier molecular flexibility index (Phi) is 16.2. The van der Waals surface area contributed by atoms with Gasteiger partial charge < -0.3 is 87.9 Å². The Labute approximate surface area is 387 Å². The van der Waals surface area contributed by atoms with Crippen LogP contribution in [0.5, 0.6) is 34.5 Å². The van der Waals surface area contributed by atoms with Crippen LogP contribution in [0.4, 0.5) is 16.2 Å². The summed E-state index contributed by atoms with van der Waals surface area (Å²) in [6, 6.07) is 9.31. The highest BCUT2D eigenvalue weighted by molar-refractivity contribution is 5.91. The van der Waals surface area contributed by atoms with Crippen molar-refractivity contribution in [2.75, 3.05) is 60.4 Å². The minimum atomic E-state index is -2.05. The molecule has 1 aliphatic carbocycles. The molecular formula is C44H52N2O22. The van der Waals surface area contributed by atoms with E-state index in [2.05, 4.69) is 0 Å². The summed E-state index contributed by atoms with van der Waals surface area (Å²) in [6.45, 7) is 0.968. The topological polar surface area (TPSA) is 332 Å². The van der Waals surface area contributed by atoms with Crippen molar-refractivity contribution in [2.24, 2.45) is 11.8 Å². The molecule has 2 heterocycles. The summed E-state index contributed by atoms with van der Waals surface area (Å²) in [5, 5.41) is 85.3. The van der Waals surface area contributed by atoms with Gasteiger partial charge in [-0.25, -0.2) is 9.59 Å². The van der Waals surface area contributed by atoms with Gasteiger partial charge in [0.2, 0.25) is 18.8 Å². The van der Waals surface area contributed by atoms with E-state index in [0.717, 1.165) is 36.4 Å². The number of carbonyl (C=O) groups is 3. The molecule has 11 atom stereocenters. The third-order valence-electron chi connectivity index (χ3n) is 12.0. The number of nitrogens with zero attached hydrogens (tertiary/aromatic N) is 2. The fourth-order valence-corrected chi connectivity index (χ4v) is 8.39. The molecule has 24 heteroatoms. The summed E-state index contributed by atoms with van der Waals surface area (Å²) in [5.41, 5.74) is 0.631. The smallest absolute Gasteiger partial charge is 0.419 e. The molecule has 1 fully saturated rings. The number of methoxy groups -OCH3 is 4. The van der Waals surface area contributed by atoms with Crippen LogP contribution in [0.1, 0.15) is 41.9 Å². The van der Waals surface area contributed by atoms with E-state index in [-0.39, 0.29) is 48.5 Å². The molecule has 68 heavy (non-hydrogen) atoms. The van der Waals surface area contributed by atoms with E-state index in [1.165, 1.54) is 40.6 Å². The first kappa shape index (κ1) is 50.9. The lowest BCUT2D eigenvalue weighted by Gasteiger charge is -2.43. The number of carboxylic acid groups (broad SMARTS) is 1. The van der Waals surface area contributed by atoms with Gasteiger partial charge >= 0.3 is 12.1 Å². The molecule has 6 rings (SSSR count). The number of fused-ring (bicyclic) bond motifs is 2. The monoisotopic (exact) mass is 960 g/mol. The number of hydrogen-bond acceptors (Lipinski definition) is 21. The molecule has 24 nitrogen and oxygen atoms in total. The van der Waals surface area contributed by atoms with Crippen LogP contribution in [0.3, 0.4) is 0 Å². The minimum absolute atomic E-state index is 0.0236. The molecule has 0 bridgehead atoms. The second-order valence-corrected chi connectivity index (χ2v) is 15.9. The summed E-state index contributed by atoms with van der Waals surface area (Å²) < 4.78 is 55.5. The van der Waals surface area contributed by atoms with E-state index in [4.69, 9.17) is 47.4 Å². The zero-order valence-corrected chi connectivity index (χ0v) is 37.4. The van der Waals surface area contributed by atoms with Crippen molar-refractivity contribution in [3.8, 4) is 34.5 Å². The SMILES string of the molecule is COCC1[C@H](CC(O)C(O)=C(O)COC(C)OC)c2cc3c(cc2[C@@H](c2cc(OC)c(OC(=O)N(C)c4cc([N+](=O)[O-])ccc4OC4OC(C(=O)O)C(O)C(O)C4O)c(OC)c2)[C@H]1C=O)OCO3. The van der Waals surface area contributed by atoms with Gasteiger partial charge in [-0.05, 0) is 72.2 Å². The van der Waals surface area contributed by atoms with Crippen molar-refractivity contribution in [3.05, 3.63) is 80.8 Å². The second kappa shape index (κ2) is 21.6. The van der Waals surface area contributed by atoms with Gasteiger partial charge in [-0.2, -0.15) is 0 Å². The zero-order valence-electron chi connectivity index (χ0n) is 37.4. The van der Waals surface area contributed by atoms with Crippen molar-refractivity contribution in [1.29, 1.82) is 0 Å². The molecule has 2 aliphatic heterocycles. The van der Waals surface area contributed by atoms with E-state index in [1.807, 2.05) is 0 Å². The highest BCUT2D eigenvalue weighted by atomic mass is 16.7. The molecule has 8 unspecified atom stereocenters. The number of nitro benzene ring substituents is 1. The van der Waals surface area contributed by atoms with Crippen LogP contribution in [-0.4, -0.2) is 158 Å². The molecule has 0 saturated carbocycles. The van der Waals surface area contributed by atoms with E-state index in [1.54, 1.807) is 19.1 Å². The predicted molar refractivity (Wildman–Crippen MR) is 229 cm³/mol. The number of carbonyl (C=O) groups excluding carboxylic acids is 2. The fourth-order valence-electron chi connectivity index (χ4n) is 8.39. The van der Waals surface area contributed by atoms with Crippen molar-refractivity contribution in [2.45, 2.75) is 68.3 Å². The maximum Gasteiger partial charge on any atom is 0.419 e. The summed E-state index contributed by atoms with van der Waals surface area (Å²) in [6.07, 6.45) is -13.2. The molecular weight excluding hydrogens is 908 g/mol. The van der Waals surface area contributed by atoms with Crippen LogP contribution in [0, 0.1) is 22.0 Å². The lowest BCUT2D eigenvalue weighted by molar-refractivity contribution is -0.384. The van der Waals surface area contributed by atoms with Crippen LogP contribution < -0.4 is 33.3 Å². The number of amides is 1. The minimum Gasteiger partial charge on any atom is -0.506 e. The maximum absolute atomic E-state index is 14.0. The van der Waals surface area contributed by atoms with Crippen LogP contribution in [0.15, 0.2) is 54.0 Å². The van der Waals surface area contributed by atoms with Gasteiger partial charge in [0.25, 0.3) is 5.69 Å². The third kappa shape index (κ3) is 10.3. The number of aliphatic carboxylic acids is 1. The number of nitro groups is 1. The molecule has 0 aromatic heterocycles. The largest absolute Gasteiger partial charge is 0.506 e. The average Bonchev–Trinajstić information content (AvgIpc) is 3.80. The number of carboxylic acids is 1. The molecule has 1 amide bonds. The number of benzene rings is 3. The Morgan fingerprint density at radius 1 is 0.926 bits per heavy atom. The highest BCUT2D eigenvalue weighted by Crippen LogP contribution is 2.55. The van der Waals surface area contributed by atoms with E-state index in [0.29, 0.717) is 28.2 Å². The summed E-state index contributed by atoms with van der Waals surface area (Å²) in [5.74, 6) is -6.37. The number of hydrogen-bond donors (Lipinski definition) is 7. The molecule has 7 N–H and O–H groups in total. The normalized spacial score (nSPS) is 25.2. The van der Waals surface area contributed by atoms with Crippen molar-refractivity contribution < 1.29 is 102 Å². The number of anilines is 1. The fraction of sp³-hybridized carbons (Fsp3) is 0.477. The first-order valence-electron chi connectivity index (χ1n) is 20.8. The van der Waals surface area contributed by atoms with E-state index >= 15 is 0 Å². The zero-order chi connectivity index (χ0) is 49.7. The van der Waals surface area contributed by atoms with Crippen molar-refractivity contribution >= 4 is 29.7 Å². The van der Waals surface area contributed by atoms with E-state index < -0.39 is 108 Å². The van der Waals surface area contributed by atoms with Gasteiger partial charge in [0.05, 0.1) is 31.4 Å². The summed E-state index contributed by atoms with van der Waals surface area (Å²) in [4.78, 5) is 51.0. The van der Waals surface area contributed by atoms with Crippen LogP contribution in [-0.2, 0) is 28.5 Å². The first-order valence-corrected chi connectivity index (χ1v) is 20.8. The number of rotatable bonds is 19. The van der Waals surface area contributed by atoms with Gasteiger partial charge in [-0.3, -0.25) is 15.0 Å². The van der Waals surface area contributed by atoms with Gasteiger partial charge in [0.1, 0.15) is 43.1 Å².